The lowest BCUT2D eigenvalue weighted by atomic mass is 10.1. The first kappa shape index (κ1) is 13.9. The van der Waals surface area contributed by atoms with Gasteiger partial charge in [0.15, 0.2) is 0 Å². The molecule has 0 radical (unpaired) electrons. The molecule has 4 heteroatoms. The minimum atomic E-state index is -0.409. The number of amides is 1. The highest BCUT2D eigenvalue weighted by molar-refractivity contribution is 7.99. The number of nitrogens with zero attached hydrogens (tertiary/aromatic N) is 1. The van der Waals surface area contributed by atoms with Gasteiger partial charge in [0.2, 0.25) is 0 Å². The number of hydrogen-bond donors (Lipinski definition) is 0. The Balaban J connectivity index is 1.75. The van der Waals surface area contributed by atoms with Crippen LogP contribution < -0.4 is 4.90 Å². The molecule has 21 heavy (non-hydrogen) atoms. The smallest absolute Gasteiger partial charge is 0.299 e. The number of ketones is 1. The second kappa shape index (κ2) is 5.74. The van der Waals surface area contributed by atoms with Crippen LogP contribution in [0.15, 0.2) is 53.4 Å². The van der Waals surface area contributed by atoms with Crippen LogP contribution in [0.1, 0.15) is 15.9 Å². The number of fused-ring (bicyclic) bond motifs is 1. The Hall–Kier alpha value is -2.07. The van der Waals surface area contributed by atoms with Gasteiger partial charge in [0, 0.05) is 17.2 Å². The normalized spacial score (nSPS) is 13.7. The molecule has 0 bridgehead atoms. The average Bonchev–Trinajstić information content (AvgIpc) is 2.75. The third-order valence-corrected chi connectivity index (χ3v) is 4.51. The van der Waals surface area contributed by atoms with Crippen molar-refractivity contribution in [1.29, 1.82) is 0 Å². The van der Waals surface area contributed by atoms with Gasteiger partial charge in [0.05, 0.1) is 11.3 Å². The number of benzene rings is 2. The Morgan fingerprint density at radius 3 is 2.52 bits per heavy atom. The number of hydrogen-bond acceptors (Lipinski definition) is 3. The minimum absolute atomic E-state index is 0.390. The number of anilines is 1. The number of carbonyl (C=O) groups is 2. The second-order valence-corrected chi connectivity index (χ2v) is 6.09. The largest absolute Gasteiger partial charge is 0.304 e. The molecule has 1 amide bonds. The van der Waals surface area contributed by atoms with Crippen LogP contribution in [0.5, 0.6) is 0 Å². The quantitative estimate of drug-likeness (QED) is 0.642. The van der Waals surface area contributed by atoms with Crippen LogP contribution in [0.3, 0.4) is 0 Å². The summed E-state index contributed by atoms with van der Waals surface area (Å²) >= 11 is 1.69. The lowest BCUT2D eigenvalue weighted by Gasteiger charge is -2.18. The third-order valence-electron chi connectivity index (χ3n) is 3.52. The number of Topliss-reactive ketones (excluding diaryl/α,β-unsaturated/α-hetero) is 1. The highest BCUT2D eigenvalue weighted by Crippen LogP contribution is 2.32. The van der Waals surface area contributed by atoms with Crippen molar-refractivity contribution in [2.24, 2.45) is 0 Å². The highest BCUT2D eigenvalue weighted by atomic mass is 32.2. The van der Waals surface area contributed by atoms with Crippen molar-refractivity contribution in [3.63, 3.8) is 0 Å². The third kappa shape index (κ3) is 2.59. The summed E-state index contributed by atoms with van der Waals surface area (Å²) in [6.07, 6.45) is 0. The maximum atomic E-state index is 12.1. The lowest BCUT2D eigenvalue weighted by Crippen LogP contribution is -2.32. The molecule has 0 atom stereocenters. The fourth-order valence-corrected chi connectivity index (χ4v) is 3.38. The van der Waals surface area contributed by atoms with Gasteiger partial charge >= 0.3 is 0 Å². The van der Waals surface area contributed by atoms with Crippen LogP contribution in [-0.4, -0.2) is 24.0 Å². The molecule has 0 aromatic heterocycles. The topological polar surface area (TPSA) is 37.4 Å². The summed E-state index contributed by atoms with van der Waals surface area (Å²) in [7, 11) is 0. The molecule has 0 saturated heterocycles. The van der Waals surface area contributed by atoms with E-state index in [0.717, 1.165) is 17.0 Å². The molecule has 0 unspecified atom stereocenters. The Bertz CT molecular complexity index is 697. The summed E-state index contributed by atoms with van der Waals surface area (Å²) in [6.45, 7) is 2.48. The number of para-hydroxylation sites is 1. The van der Waals surface area contributed by atoms with Crippen LogP contribution >= 0.6 is 11.8 Å². The molecule has 1 aliphatic rings. The molecule has 0 spiro atoms. The van der Waals surface area contributed by atoms with E-state index in [0.29, 0.717) is 12.1 Å². The van der Waals surface area contributed by atoms with E-state index in [1.165, 1.54) is 4.90 Å². The number of thioether (sulfide) groups is 1. The fraction of sp³-hybridized carbons (Fsp3) is 0.176. The van der Waals surface area contributed by atoms with Crippen LogP contribution in [-0.2, 0) is 4.79 Å². The number of carbonyl (C=O) groups excluding carboxylic acids is 2. The van der Waals surface area contributed by atoms with Gasteiger partial charge in [-0.3, -0.25) is 9.59 Å². The van der Waals surface area contributed by atoms with Crippen molar-refractivity contribution >= 4 is 29.1 Å². The standard InChI is InChI=1S/C17H15NO2S/c1-12-6-5-9-14-15(12)18(17(20)16(14)19)10-11-21-13-7-3-2-4-8-13/h2-9H,10-11H2,1H3. The summed E-state index contributed by atoms with van der Waals surface area (Å²) in [5.41, 5.74) is 2.28. The van der Waals surface area contributed by atoms with E-state index < -0.39 is 11.7 Å². The molecule has 2 aromatic rings. The molecule has 0 saturated carbocycles. The maximum Gasteiger partial charge on any atom is 0.299 e. The van der Waals surface area contributed by atoms with Gasteiger partial charge in [0.1, 0.15) is 0 Å². The van der Waals surface area contributed by atoms with E-state index in [1.54, 1.807) is 22.7 Å². The molecule has 0 fully saturated rings. The molecule has 106 valence electrons. The summed E-state index contributed by atoms with van der Waals surface area (Å²) in [6, 6.07) is 15.5. The van der Waals surface area contributed by atoms with E-state index in [4.69, 9.17) is 0 Å². The van der Waals surface area contributed by atoms with Gasteiger partial charge in [0.25, 0.3) is 11.7 Å². The summed E-state index contributed by atoms with van der Waals surface area (Å²) in [5.74, 6) is -0.0389. The average molecular weight is 297 g/mol. The maximum absolute atomic E-state index is 12.1. The predicted molar refractivity (Wildman–Crippen MR) is 85.0 cm³/mol. The first-order chi connectivity index (χ1) is 10.2. The Labute approximate surface area is 128 Å². The molecule has 3 rings (SSSR count). The van der Waals surface area contributed by atoms with Gasteiger partial charge in [-0.05, 0) is 30.7 Å². The molecular formula is C17H15NO2S. The zero-order chi connectivity index (χ0) is 14.8. The summed E-state index contributed by atoms with van der Waals surface area (Å²) in [4.78, 5) is 26.9. The second-order valence-electron chi connectivity index (χ2n) is 4.92. The van der Waals surface area contributed by atoms with E-state index >= 15 is 0 Å². The highest BCUT2D eigenvalue weighted by Gasteiger charge is 2.36. The SMILES string of the molecule is Cc1cccc2c1N(CCSc1ccccc1)C(=O)C2=O. The molecule has 0 aliphatic carbocycles. The fourth-order valence-electron chi connectivity index (χ4n) is 2.52. The molecule has 0 N–H and O–H groups in total. The van der Waals surface area contributed by atoms with Crippen molar-refractivity contribution in [3.05, 3.63) is 59.7 Å². The predicted octanol–water partition coefficient (Wildman–Crippen LogP) is 3.32. The van der Waals surface area contributed by atoms with E-state index in [1.807, 2.05) is 49.4 Å². The monoisotopic (exact) mass is 297 g/mol. The summed E-state index contributed by atoms with van der Waals surface area (Å²) < 4.78 is 0. The van der Waals surface area contributed by atoms with Gasteiger partial charge < -0.3 is 4.90 Å². The summed E-state index contributed by atoms with van der Waals surface area (Å²) in [5, 5.41) is 0. The van der Waals surface area contributed by atoms with Crippen molar-refractivity contribution in [2.45, 2.75) is 11.8 Å². The number of rotatable bonds is 4. The van der Waals surface area contributed by atoms with Crippen LogP contribution in [0.4, 0.5) is 5.69 Å². The zero-order valence-corrected chi connectivity index (χ0v) is 12.5. The molecule has 3 nitrogen and oxygen atoms in total. The van der Waals surface area contributed by atoms with E-state index in [2.05, 4.69) is 0 Å². The Morgan fingerprint density at radius 2 is 1.76 bits per heavy atom. The van der Waals surface area contributed by atoms with Crippen LogP contribution in [0, 0.1) is 6.92 Å². The van der Waals surface area contributed by atoms with Gasteiger partial charge in [-0.25, -0.2) is 0 Å². The lowest BCUT2D eigenvalue weighted by molar-refractivity contribution is -0.114. The molecule has 1 heterocycles. The molecule has 2 aromatic carbocycles. The van der Waals surface area contributed by atoms with Gasteiger partial charge in [-0.2, -0.15) is 0 Å². The molecule has 1 aliphatic heterocycles. The van der Waals surface area contributed by atoms with E-state index in [9.17, 15) is 9.59 Å². The van der Waals surface area contributed by atoms with Gasteiger partial charge in [-0.1, -0.05) is 30.3 Å². The Kier molecular flexibility index (Phi) is 3.80. The Morgan fingerprint density at radius 1 is 1.00 bits per heavy atom. The van der Waals surface area contributed by atoms with Crippen LogP contribution in [0.25, 0.3) is 0 Å². The first-order valence-corrected chi connectivity index (χ1v) is 7.80. The molecular weight excluding hydrogens is 282 g/mol. The van der Waals surface area contributed by atoms with Crippen molar-refractivity contribution in [2.75, 3.05) is 17.2 Å². The van der Waals surface area contributed by atoms with E-state index in [-0.39, 0.29) is 0 Å². The van der Waals surface area contributed by atoms with Crippen molar-refractivity contribution < 1.29 is 9.59 Å². The first-order valence-electron chi connectivity index (χ1n) is 6.82. The van der Waals surface area contributed by atoms with Crippen LogP contribution in [0.2, 0.25) is 0 Å². The van der Waals surface area contributed by atoms with Gasteiger partial charge in [-0.15, -0.1) is 11.8 Å². The zero-order valence-electron chi connectivity index (χ0n) is 11.7. The van der Waals surface area contributed by atoms with Crippen molar-refractivity contribution in [1.82, 2.24) is 0 Å². The number of aryl methyl sites for hydroxylation is 1. The van der Waals surface area contributed by atoms with Crippen molar-refractivity contribution in [3.8, 4) is 0 Å². The minimum Gasteiger partial charge on any atom is -0.304 e.